The second-order valence-electron chi connectivity index (χ2n) is 7.39. The molecule has 1 aliphatic heterocycles. The van der Waals surface area contributed by atoms with Crippen molar-refractivity contribution in [3.8, 4) is 11.4 Å². The van der Waals surface area contributed by atoms with Crippen molar-refractivity contribution in [1.29, 1.82) is 0 Å². The Morgan fingerprint density at radius 2 is 2.13 bits per heavy atom. The van der Waals surface area contributed by atoms with Crippen LogP contribution in [-0.2, 0) is 11.2 Å². The third-order valence-electron chi connectivity index (χ3n) is 5.32. The van der Waals surface area contributed by atoms with Crippen LogP contribution in [0.25, 0.3) is 11.4 Å². The van der Waals surface area contributed by atoms with Crippen molar-refractivity contribution in [2.24, 2.45) is 0 Å². The molecule has 0 radical (unpaired) electrons. The van der Waals surface area contributed by atoms with Crippen molar-refractivity contribution in [1.82, 2.24) is 20.6 Å². The molecule has 9 nitrogen and oxygen atoms in total. The number of aliphatic hydroxyl groups is 2. The van der Waals surface area contributed by atoms with E-state index in [4.69, 9.17) is 4.98 Å². The Morgan fingerprint density at radius 3 is 2.77 bits per heavy atom. The number of piperazine rings is 1. The van der Waals surface area contributed by atoms with Crippen LogP contribution in [0.1, 0.15) is 35.5 Å². The van der Waals surface area contributed by atoms with Crippen molar-refractivity contribution in [3.05, 3.63) is 22.2 Å². The first-order valence-corrected chi connectivity index (χ1v) is 11.0. The Balaban J connectivity index is 1.88. The number of carbonyl (C=O) groups is 2. The number of thiazole rings is 1. The van der Waals surface area contributed by atoms with Gasteiger partial charge in [0.25, 0.3) is 0 Å². The van der Waals surface area contributed by atoms with E-state index in [0.29, 0.717) is 19.5 Å². The van der Waals surface area contributed by atoms with Crippen LogP contribution in [0.5, 0.6) is 0 Å². The molecule has 1 amide bonds. The van der Waals surface area contributed by atoms with Gasteiger partial charge in [-0.25, -0.2) is 4.98 Å². The van der Waals surface area contributed by atoms with Crippen LogP contribution >= 0.6 is 11.3 Å². The zero-order valence-corrected chi connectivity index (χ0v) is 18.3. The SMILES string of the molecule is CCc1c(-c2csc(N3CCNCC3C(=O)NC(CO)CO)n2)[nH]c(C)c1C(C)=O. The number of aliphatic hydroxyl groups excluding tert-OH is 2. The summed E-state index contributed by atoms with van der Waals surface area (Å²) in [7, 11) is 0. The fourth-order valence-corrected chi connectivity index (χ4v) is 4.74. The van der Waals surface area contributed by atoms with E-state index < -0.39 is 12.1 Å². The summed E-state index contributed by atoms with van der Waals surface area (Å²) < 4.78 is 0. The van der Waals surface area contributed by atoms with E-state index in [2.05, 4.69) is 15.6 Å². The number of anilines is 1. The lowest BCUT2D eigenvalue weighted by atomic mass is 10.0. The van der Waals surface area contributed by atoms with Crippen LogP contribution in [0.4, 0.5) is 5.13 Å². The van der Waals surface area contributed by atoms with Crippen LogP contribution in [0.15, 0.2) is 5.38 Å². The van der Waals surface area contributed by atoms with Crippen molar-refractivity contribution in [2.75, 3.05) is 37.7 Å². The number of carbonyl (C=O) groups excluding carboxylic acids is 2. The maximum Gasteiger partial charge on any atom is 0.244 e. The van der Waals surface area contributed by atoms with Gasteiger partial charge in [-0.2, -0.15) is 0 Å². The number of aromatic amines is 1. The molecule has 0 bridgehead atoms. The normalized spacial score (nSPS) is 16.9. The molecule has 1 saturated heterocycles. The number of aromatic nitrogens is 2. The molecule has 3 heterocycles. The second kappa shape index (κ2) is 9.69. The van der Waals surface area contributed by atoms with Crippen molar-refractivity contribution >= 4 is 28.2 Å². The average Bonchev–Trinajstić information content (AvgIpc) is 3.35. The third-order valence-corrected chi connectivity index (χ3v) is 6.20. The lowest BCUT2D eigenvalue weighted by Gasteiger charge is -2.35. The first kappa shape index (κ1) is 22.4. The Morgan fingerprint density at radius 1 is 1.40 bits per heavy atom. The van der Waals surface area contributed by atoms with Gasteiger partial charge >= 0.3 is 0 Å². The molecule has 2 aromatic rings. The molecule has 0 aliphatic carbocycles. The number of hydrogen-bond acceptors (Lipinski definition) is 8. The third kappa shape index (κ3) is 4.41. The Kier molecular flexibility index (Phi) is 7.24. The van der Waals surface area contributed by atoms with E-state index in [1.165, 1.54) is 11.3 Å². The van der Waals surface area contributed by atoms with Crippen LogP contribution in [0, 0.1) is 6.92 Å². The van der Waals surface area contributed by atoms with Gasteiger partial charge in [-0.1, -0.05) is 6.92 Å². The van der Waals surface area contributed by atoms with Gasteiger partial charge in [0.1, 0.15) is 11.7 Å². The molecule has 5 N–H and O–H groups in total. The van der Waals surface area contributed by atoms with E-state index in [1.54, 1.807) is 6.92 Å². The Labute approximate surface area is 179 Å². The lowest BCUT2D eigenvalue weighted by molar-refractivity contribution is -0.123. The molecule has 3 rings (SSSR count). The largest absolute Gasteiger partial charge is 0.394 e. The molecule has 0 spiro atoms. The minimum atomic E-state index is -0.688. The highest BCUT2D eigenvalue weighted by atomic mass is 32.1. The lowest BCUT2D eigenvalue weighted by Crippen LogP contribution is -2.60. The number of nitrogens with zero attached hydrogens (tertiary/aromatic N) is 2. The quantitative estimate of drug-likeness (QED) is 0.381. The maximum absolute atomic E-state index is 12.7. The highest BCUT2D eigenvalue weighted by Gasteiger charge is 2.32. The molecule has 1 fully saturated rings. The summed E-state index contributed by atoms with van der Waals surface area (Å²) in [5.41, 5.74) is 4.12. The monoisotopic (exact) mass is 435 g/mol. The molecular formula is C20H29N5O4S. The van der Waals surface area contributed by atoms with E-state index in [1.807, 2.05) is 24.1 Å². The summed E-state index contributed by atoms with van der Waals surface area (Å²) in [6.07, 6.45) is 0.712. The van der Waals surface area contributed by atoms with Gasteiger partial charge in [-0.3, -0.25) is 9.59 Å². The summed E-state index contributed by atoms with van der Waals surface area (Å²) >= 11 is 1.45. The summed E-state index contributed by atoms with van der Waals surface area (Å²) in [5.74, 6) is -0.237. The molecule has 1 atom stereocenters. The van der Waals surface area contributed by atoms with E-state index >= 15 is 0 Å². The summed E-state index contributed by atoms with van der Waals surface area (Å²) in [6, 6.07) is -1.19. The predicted molar refractivity (Wildman–Crippen MR) is 116 cm³/mol. The Bertz CT molecular complexity index is 905. The van der Waals surface area contributed by atoms with Crippen LogP contribution in [0.3, 0.4) is 0 Å². The van der Waals surface area contributed by atoms with E-state index in [-0.39, 0.29) is 24.9 Å². The van der Waals surface area contributed by atoms with Crippen molar-refractivity contribution < 1.29 is 19.8 Å². The number of hydrogen-bond donors (Lipinski definition) is 5. The molecule has 10 heteroatoms. The number of amides is 1. The number of nitrogens with one attached hydrogen (secondary N) is 3. The van der Waals surface area contributed by atoms with Gasteiger partial charge in [-0.15, -0.1) is 11.3 Å². The smallest absolute Gasteiger partial charge is 0.244 e. The average molecular weight is 436 g/mol. The molecule has 0 saturated carbocycles. The first-order chi connectivity index (χ1) is 14.4. The van der Waals surface area contributed by atoms with Gasteiger partial charge in [0, 0.05) is 36.3 Å². The van der Waals surface area contributed by atoms with Crippen molar-refractivity contribution in [3.63, 3.8) is 0 Å². The second-order valence-corrected chi connectivity index (χ2v) is 8.22. The minimum Gasteiger partial charge on any atom is -0.394 e. The molecule has 1 unspecified atom stereocenters. The molecule has 2 aromatic heterocycles. The predicted octanol–water partition coefficient (Wildman–Crippen LogP) is 0.459. The van der Waals surface area contributed by atoms with Gasteiger partial charge in [0.05, 0.1) is 24.9 Å². The van der Waals surface area contributed by atoms with Gasteiger partial charge in [-0.05, 0) is 25.8 Å². The number of rotatable bonds is 8. The topological polar surface area (TPSA) is 131 Å². The summed E-state index contributed by atoms with van der Waals surface area (Å²) in [5, 5.41) is 27.1. The fraction of sp³-hybridized carbons (Fsp3) is 0.550. The minimum absolute atomic E-state index is 0.0310. The van der Waals surface area contributed by atoms with E-state index in [9.17, 15) is 19.8 Å². The van der Waals surface area contributed by atoms with Gasteiger partial charge in [0.15, 0.2) is 10.9 Å². The first-order valence-electron chi connectivity index (χ1n) is 10.1. The zero-order valence-electron chi connectivity index (χ0n) is 17.5. The number of H-pyrrole nitrogens is 1. The van der Waals surface area contributed by atoms with Crippen LogP contribution in [-0.4, -0.2) is 76.8 Å². The van der Waals surface area contributed by atoms with Gasteiger partial charge < -0.3 is 30.7 Å². The van der Waals surface area contributed by atoms with E-state index in [0.717, 1.165) is 39.9 Å². The standard InChI is InChI=1S/C20H29N5O4S/c1-4-14-17(12(3)28)11(2)22-18(14)15-10-30-20(24-15)25-6-5-21-7-16(25)19(29)23-13(8-26)9-27/h10,13,16,21-22,26-27H,4-9H2,1-3H3,(H,23,29). The number of Topliss-reactive ketones (excluding diaryl/α,β-unsaturated/α-hetero) is 1. The molecule has 164 valence electrons. The number of ketones is 1. The zero-order chi connectivity index (χ0) is 21.8. The van der Waals surface area contributed by atoms with Crippen LogP contribution < -0.4 is 15.5 Å². The Hall–Kier alpha value is -2.27. The summed E-state index contributed by atoms with van der Waals surface area (Å²) in [6.45, 7) is 6.60. The maximum atomic E-state index is 12.7. The highest BCUT2D eigenvalue weighted by Crippen LogP contribution is 2.33. The molecular weight excluding hydrogens is 406 g/mol. The number of aryl methyl sites for hydroxylation is 1. The summed E-state index contributed by atoms with van der Waals surface area (Å²) in [4.78, 5) is 34.8. The highest BCUT2D eigenvalue weighted by molar-refractivity contribution is 7.14. The molecule has 30 heavy (non-hydrogen) atoms. The fourth-order valence-electron chi connectivity index (χ4n) is 3.85. The molecule has 1 aliphatic rings. The molecule has 0 aromatic carbocycles. The van der Waals surface area contributed by atoms with Gasteiger partial charge in [0.2, 0.25) is 5.91 Å². The van der Waals surface area contributed by atoms with Crippen molar-refractivity contribution in [2.45, 2.75) is 39.3 Å². The van der Waals surface area contributed by atoms with Crippen LogP contribution in [0.2, 0.25) is 0 Å².